The molecule has 2 aromatic carbocycles. The van der Waals surface area contributed by atoms with Crippen molar-refractivity contribution in [3.8, 4) is 0 Å². The minimum absolute atomic E-state index is 0. The van der Waals surface area contributed by atoms with Gasteiger partial charge in [0.1, 0.15) is 12.6 Å². The number of carbonyl (C=O) groups is 1. The monoisotopic (exact) mass is 459 g/mol. The van der Waals surface area contributed by atoms with Crippen LogP contribution >= 0.6 is 0 Å². The minimum atomic E-state index is -0.110. The van der Waals surface area contributed by atoms with Gasteiger partial charge in [0.25, 0.3) is 0 Å². The maximum Gasteiger partial charge on any atom is 2.00 e. The van der Waals surface area contributed by atoms with Crippen molar-refractivity contribution in [2.75, 3.05) is 0 Å². The Hall–Kier alpha value is -2.46. The third-order valence-corrected chi connectivity index (χ3v) is 3.50. The van der Waals surface area contributed by atoms with E-state index in [1.165, 1.54) is 12.0 Å². The van der Waals surface area contributed by atoms with Gasteiger partial charge in [0.05, 0.1) is 6.29 Å². The molecule has 31 heavy (non-hydrogen) atoms. The van der Waals surface area contributed by atoms with E-state index in [-0.39, 0.29) is 23.0 Å². The van der Waals surface area contributed by atoms with Crippen LogP contribution < -0.4 is 0 Å². The van der Waals surface area contributed by atoms with E-state index in [1.807, 2.05) is 62.1 Å². The smallest absolute Gasteiger partial charge is 2.00 e. The third kappa shape index (κ3) is 13.5. The molecule has 0 unspecified atom stereocenters. The van der Waals surface area contributed by atoms with Crippen molar-refractivity contribution in [3.63, 3.8) is 0 Å². The molecule has 0 heterocycles. The number of hydrogen-bond donors (Lipinski definition) is 0. The van der Waals surface area contributed by atoms with E-state index < -0.39 is 0 Å². The quantitative estimate of drug-likeness (QED) is 0.295. The van der Waals surface area contributed by atoms with Crippen molar-refractivity contribution < 1.29 is 40.8 Å². The summed E-state index contributed by atoms with van der Waals surface area (Å²) in [4.78, 5) is 27.1. The van der Waals surface area contributed by atoms with Gasteiger partial charge in [-0.2, -0.15) is 17.7 Å². The molecule has 7 heteroatoms. The second-order valence-corrected chi connectivity index (χ2v) is 5.52. The first-order valence-electron chi connectivity index (χ1n) is 8.71. The second-order valence-electron chi connectivity index (χ2n) is 5.52. The first kappa shape index (κ1) is 30.7. The summed E-state index contributed by atoms with van der Waals surface area (Å²) in [6.45, 7) is 10.9. The Morgan fingerprint density at radius 2 is 1.55 bits per heavy atom. The molecule has 0 atom stereocenters. The Kier molecular flexibility index (Phi) is 20.6. The molecule has 2 aromatic rings. The number of hydrogen-bond acceptors (Lipinski definition) is 3. The fourth-order valence-corrected chi connectivity index (χ4v) is 2.25. The van der Waals surface area contributed by atoms with Crippen LogP contribution in [-0.2, 0) is 47.4 Å². The predicted octanol–water partition coefficient (Wildman–Crippen LogP) is 3.79. The fraction of sp³-hybridized carbons (Fsp3) is 0.125. The molecule has 1 aliphatic carbocycles. The Morgan fingerprint density at radius 1 is 1.00 bits per heavy atom. The third-order valence-electron chi connectivity index (χ3n) is 3.50. The normalized spacial score (nSPS) is 11.9. The van der Waals surface area contributed by atoms with E-state index in [2.05, 4.69) is 13.3 Å². The Balaban J connectivity index is 0. The van der Waals surface area contributed by atoms with Gasteiger partial charge in [-0.1, -0.05) is 36.4 Å². The molecular formula is C24H21FeNO5+. The molecule has 0 aromatic heterocycles. The van der Waals surface area contributed by atoms with Crippen molar-refractivity contribution in [1.82, 2.24) is 5.06 Å². The van der Waals surface area contributed by atoms with Gasteiger partial charge in [-0.25, -0.2) is 5.06 Å². The molecule has 1 amide bonds. The van der Waals surface area contributed by atoms with Crippen LogP contribution in [0, 0.1) is 45.0 Å². The van der Waals surface area contributed by atoms with E-state index in [4.69, 9.17) is 14.1 Å². The molecule has 0 spiro atoms. The van der Waals surface area contributed by atoms with Gasteiger partial charge in [-0.05, 0) is 37.7 Å². The van der Waals surface area contributed by atoms with Crippen molar-refractivity contribution in [3.05, 3.63) is 117 Å². The molecule has 0 saturated heterocycles. The standard InChI is InChI=1S/C15H16NO2.C7H5O.2CO.Fe/c1-13(17)16(15-10-6-3-7-11-15)18-12-14-8-4-2-5-9-14;8-6-7-4-2-1-3-5-7;2*1-2;/h2-10H,11-12H2,1H3;1-5H;;;/q;-1;;;+2. The van der Waals surface area contributed by atoms with E-state index in [0.29, 0.717) is 18.6 Å². The summed E-state index contributed by atoms with van der Waals surface area (Å²) >= 11 is 0. The minimum Gasteiger partial charge on any atom is 2.00 e. The zero-order valence-electron chi connectivity index (χ0n) is 16.8. The zero-order valence-corrected chi connectivity index (χ0v) is 17.9. The molecule has 1 saturated carbocycles. The van der Waals surface area contributed by atoms with Gasteiger partial charge < -0.3 is 4.79 Å². The van der Waals surface area contributed by atoms with E-state index in [0.717, 1.165) is 11.6 Å². The maximum absolute atomic E-state index is 11.6. The topological polar surface area (TPSA) is 86.4 Å². The van der Waals surface area contributed by atoms with Crippen molar-refractivity contribution in [2.45, 2.75) is 20.0 Å². The van der Waals surface area contributed by atoms with E-state index in [1.54, 1.807) is 30.6 Å². The Bertz CT molecular complexity index is 738. The summed E-state index contributed by atoms with van der Waals surface area (Å²) in [6, 6.07) is 19.6. The molecule has 1 fully saturated rings. The SMILES string of the molecule is CC(=O)N(OCc1ccccc1)[C]1[CH][CH][CH][CH]C1.O=[C-]c1ccccc1.[C-]#[O+].[C-]#[O+].[Fe+2]. The number of rotatable bonds is 5. The molecule has 0 bridgehead atoms. The molecule has 159 valence electrons. The van der Waals surface area contributed by atoms with Crippen LogP contribution in [0.4, 0.5) is 0 Å². The van der Waals surface area contributed by atoms with Crippen LogP contribution in [0.25, 0.3) is 0 Å². The number of hydroxylamine groups is 2. The summed E-state index contributed by atoms with van der Waals surface area (Å²) in [5.41, 5.74) is 1.65. The van der Waals surface area contributed by atoms with E-state index in [9.17, 15) is 9.59 Å². The Labute approximate surface area is 194 Å². The molecular weight excluding hydrogens is 438 g/mol. The second kappa shape index (κ2) is 20.8. The summed E-state index contributed by atoms with van der Waals surface area (Å²) in [7, 11) is 0. The summed E-state index contributed by atoms with van der Waals surface area (Å²) < 4.78 is 15.0. The molecule has 5 radical (unpaired) electrons. The number of carbonyl (C=O) groups excluding carboxylic acids is 2. The first-order valence-corrected chi connectivity index (χ1v) is 8.71. The predicted molar refractivity (Wildman–Crippen MR) is 108 cm³/mol. The average molecular weight is 459 g/mol. The van der Waals surface area contributed by atoms with Gasteiger partial charge in [-0.3, -0.25) is 9.63 Å². The van der Waals surface area contributed by atoms with Gasteiger partial charge in [-0.15, -0.1) is 12.1 Å². The van der Waals surface area contributed by atoms with Crippen LogP contribution in [0.2, 0.25) is 0 Å². The Morgan fingerprint density at radius 3 is 1.97 bits per heavy atom. The van der Waals surface area contributed by atoms with Crippen molar-refractivity contribution in [2.24, 2.45) is 0 Å². The number of amides is 1. The number of benzene rings is 2. The number of nitrogens with zero attached hydrogens (tertiary/aromatic N) is 1. The van der Waals surface area contributed by atoms with Crippen LogP contribution in [0.1, 0.15) is 24.5 Å². The van der Waals surface area contributed by atoms with Gasteiger partial charge >= 0.3 is 39.7 Å². The summed E-state index contributed by atoms with van der Waals surface area (Å²) in [5.74, 6) is -0.110. The summed E-state index contributed by atoms with van der Waals surface area (Å²) in [6.07, 6.45) is 10.2. The van der Waals surface area contributed by atoms with Gasteiger partial charge in [0.2, 0.25) is 5.91 Å². The maximum atomic E-state index is 11.6. The summed E-state index contributed by atoms with van der Waals surface area (Å²) in [5, 5.41) is 1.37. The largest absolute Gasteiger partial charge is 2.00 e. The zero-order chi connectivity index (χ0) is 22.6. The van der Waals surface area contributed by atoms with Crippen LogP contribution in [0.15, 0.2) is 60.7 Å². The van der Waals surface area contributed by atoms with Crippen molar-refractivity contribution in [1.29, 1.82) is 0 Å². The molecule has 1 aliphatic rings. The molecule has 0 aliphatic heterocycles. The average Bonchev–Trinajstić information content (AvgIpc) is 2.84. The van der Waals surface area contributed by atoms with E-state index >= 15 is 0 Å². The molecule has 3 rings (SSSR count). The van der Waals surface area contributed by atoms with Crippen LogP contribution in [0.3, 0.4) is 0 Å². The molecule has 0 N–H and O–H groups in total. The molecule has 6 nitrogen and oxygen atoms in total. The first-order chi connectivity index (χ1) is 14.7. The van der Waals surface area contributed by atoms with Crippen molar-refractivity contribution >= 4 is 12.2 Å². The van der Waals surface area contributed by atoms with Crippen LogP contribution in [-0.4, -0.2) is 17.3 Å². The fourth-order valence-electron chi connectivity index (χ4n) is 2.25. The van der Waals surface area contributed by atoms with Gasteiger partial charge in [0, 0.05) is 6.92 Å². The van der Waals surface area contributed by atoms with Gasteiger partial charge in [0.15, 0.2) is 0 Å². The van der Waals surface area contributed by atoms with Crippen LogP contribution in [0.5, 0.6) is 0 Å².